The molecular formula is C21H22ClNO6. The zero-order valence-electron chi connectivity index (χ0n) is 15.5. The lowest BCUT2D eigenvalue weighted by molar-refractivity contribution is -0.147. The summed E-state index contributed by atoms with van der Waals surface area (Å²) in [5.74, 6) is -2.99. The predicted octanol–water partition coefficient (Wildman–Crippen LogP) is 2.73. The molecule has 0 aliphatic heterocycles. The van der Waals surface area contributed by atoms with Crippen LogP contribution in [0.5, 0.6) is 0 Å². The van der Waals surface area contributed by atoms with E-state index in [1.54, 1.807) is 6.07 Å². The van der Waals surface area contributed by atoms with E-state index in [9.17, 15) is 19.5 Å². The minimum atomic E-state index is -1.63. The number of benzene rings is 2. The Labute approximate surface area is 172 Å². The number of nitrogens with one attached hydrogen (secondary N) is 1. The van der Waals surface area contributed by atoms with E-state index >= 15 is 0 Å². The number of carbonyl (C=O) groups is 3. The minimum absolute atomic E-state index is 0.190. The number of halogens is 1. The summed E-state index contributed by atoms with van der Waals surface area (Å²) >= 11 is 6.01. The molecule has 0 heterocycles. The molecule has 0 aromatic heterocycles. The average molecular weight is 420 g/mol. The van der Waals surface area contributed by atoms with E-state index in [0.717, 1.165) is 16.7 Å². The molecule has 154 valence electrons. The molecule has 0 saturated heterocycles. The molecule has 0 spiro atoms. The lowest BCUT2D eigenvalue weighted by Crippen LogP contribution is -2.40. The number of aliphatic carboxylic acids is 2. The third-order valence-electron chi connectivity index (χ3n) is 4.32. The highest BCUT2D eigenvalue weighted by molar-refractivity contribution is 6.30. The van der Waals surface area contributed by atoms with Crippen LogP contribution < -0.4 is 5.32 Å². The molecular weight excluding hydrogens is 398 g/mol. The van der Waals surface area contributed by atoms with E-state index in [1.807, 2.05) is 42.5 Å². The summed E-state index contributed by atoms with van der Waals surface area (Å²) in [5.41, 5.74) is 2.73. The van der Waals surface area contributed by atoms with E-state index < -0.39 is 30.0 Å². The van der Waals surface area contributed by atoms with Crippen molar-refractivity contribution in [2.45, 2.75) is 37.8 Å². The van der Waals surface area contributed by atoms with Crippen LogP contribution in [-0.4, -0.2) is 45.3 Å². The van der Waals surface area contributed by atoms with Crippen LogP contribution in [0.25, 0.3) is 11.1 Å². The van der Waals surface area contributed by atoms with Gasteiger partial charge in [-0.3, -0.25) is 9.59 Å². The van der Waals surface area contributed by atoms with E-state index in [-0.39, 0.29) is 19.3 Å². The van der Waals surface area contributed by atoms with Gasteiger partial charge in [0.2, 0.25) is 5.91 Å². The Hall–Kier alpha value is -2.90. The molecule has 8 heteroatoms. The highest BCUT2D eigenvalue weighted by Gasteiger charge is 2.22. The van der Waals surface area contributed by atoms with Crippen molar-refractivity contribution in [1.82, 2.24) is 5.32 Å². The summed E-state index contributed by atoms with van der Waals surface area (Å²) in [6, 6.07) is 14.2. The molecule has 0 aliphatic carbocycles. The Morgan fingerprint density at radius 2 is 1.66 bits per heavy atom. The summed E-state index contributed by atoms with van der Waals surface area (Å²) in [6.45, 7) is 0. The van der Waals surface area contributed by atoms with Gasteiger partial charge in [-0.25, -0.2) is 4.79 Å². The van der Waals surface area contributed by atoms with Crippen molar-refractivity contribution < 1.29 is 29.7 Å². The van der Waals surface area contributed by atoms with Gasteiger partial charge in [-0.15, -0.1) is 0 Å². The van der Waals surface area contributed by atoms with Crippen molar-refractivity contribution in [3.05, 3.63) is 59.1 Å². The molecule has 0 saturated carbocycles. The van der Waals surface area contributed by atoms with E-state index in [0.29, 0.717) is 11.4 Å². The first-order valence-corrected chi connectivity index (χ1v) is 9.39. The monoisotopic (exact) mass is 419 g/mol. The Morgan fingerprint density at radius 1 is 0.966 bits per heavy atom. The zero-order valence-corrected chi connectivity index (χ0v) is 16.3. The maximum Gasteiger partial charge on any atom is 0.332 e. The summed E-state index contributed by atoms with van der Waals surface area (Å²) < 4.78 is 0. The Balaban J connectivity index is 2.09. The highest BCUT2D eigenvalue weighted by atomic mass is 35.5. The van der Waals surface area contributed by atoms with Gasteiger partial charge in [0, 0.05) is 23.9 Å². The largest absolute Gasteiger partial charge is 0.481 e. The van der Waals surface area contributed by atoms with Gasteiger partial charge >= 0.3 is 11.9 Å². The predicted molar refractivity (Wildman–Crippen MR) is 108 cm³/mol. The van der Waals surface area contributed by atoms with Crippen molar-refractivity contribution in [3.63, 3.8) is 0 Å². The standard InChI is InChI=1S/C21H22ClNO6/c22-16-3-1-2-15(11-16)14-6-4-13(5-7-14)10-17(12-18(24)21(28)29)23-19(25)8-9-20(26)27/h1-7,11,17-18,24H,8-10,12H2,(H,23,25)(H,26,27)(H,28,29)/t17-,18-/m1/s1. The number of aliphatic hydroxyl groups is 1. The Bertz CT molecular complexity index is 868. The van der Waals surface area contributed by atoms with Crippen molar-refractivity contribution in [2.75, 3.05) is 0 Å². The lowest BCUT2D eigenvalue weighted by Gasteiger charge is -2.20. The van der Waals surface area contributed by atoms with Crippen molar-refractivity contribution >= 4 is 29.4 Å². The second-order valence-corrected chi connectivity index (χ2v) is 7.10. The third kappa shape index (κ3) is 7.56. The molecule has 2 aromatic carbocycles. The van der Waals surface area contributed by atoms with Gasteiger partial charge in [0.15, 0.2) is 6.10 Å². The molecule has 2 atom stereocenters. The van der Waals surface area contributed by atoms with Gasteiger partial charge in [0.05, 0.1) is 6.42 Å². The smallest absolute Gasteiger partial charge is 0.332 e. The van der Waals surface area contributed by atoms with Crippen LogP contribution in [0.4, 0.5) is 0 Å². The molecule has 4 N–H and O–H groups in total. The molecule has 0 fully saturated rings. The number of carboxylic acids is 2. The van der Waals surface area contributed by atoms with E-state index in [1.165, 1.54) is 0 Å². The van der Waals surface area contributed by atoms with Gasteiger partial charge in [-0.1, -0.05) is 48.0 Å². The van der Waals surface area contributed by atoms with Crippen molar-refractivity contribution in [3.8, 4) is 11.1 Å². The molecule has 0 radical (unpaired) electrons. The SMILES string of the molecule is O=C(O)CCC(=O)N[C@H](Cc1ccc(-c2cccc(Cl)c2)cc1)C[C@@H](O)C(=O)O. The first-order chi connectivity index (χ1) is 13.7. The van der Waals surface area contributed by atoms with Gasteiger partial charge < -0.3 is 20.6 Å². The maximum absolute atomic E-state index is 12.0. The Morgan fingerprint density at radius 3 is 2.24 bits per heavy atom. The molecule has 1 amide bonds. The van der Waals surface area contributed by atoms with Crippen LogP contribution in [0, 0.1) is 0 Å². The summed E-state index contributed by atoms with van der Waals surface area (Å²) in [4.78, 5) is 33.5. The number of hydrogen-bond acceptors (Lipinski definition) is 4. The first-order valence-electron chi connectivity index (χ1n) is 9.01. The summed E-state index contributed by atoms with van der Waals surface area (Å²) in [5, 5.41) is 30.5. The molecule has 2 rings (SSSR count). The second kappa shape index (κ2) is 10.6. The van der Waals surface area contributed by atoms with Gasteiger partial charge in [-0.2, -0.15) is 0 Å². The number of rotatable bonds is 10. The fourth-order valence-electron chi connectivity index (χ4n) is 2.87. The third-order valence-corrected chi connectivity index (χ3v) is 4.55. The molecule has 29 heavy (non-hydrogen) atoms. The average Bonchev–Trinajstić information content (AvgIpc) is 2.66. The van der Waals surface area contributed by atoms with Crippen LogP contribution >= 0.6 is 11.6 Å². The zero-order chi connectivity index (χ0) is 21.4. The number of amides is 1. The first kappa shape index (κ1) is 22.4. The lowest BCUT2D eigenvalue weighted by atomic mass is 9.97. The van der Waals surface area contributed by atoms with Crippen LogP contribution in [-0.2, 0) is 20.8 Å². The van der Waals surface area contributed by atoms with Gasteiger partial charge in [0.1, 0.15) is 0 Å². The highest BCUT2D eigenvalue weighted by Crippen LogP contribution is 2.23. The van der Waals surface area contributed by atoms with Crippen LogP contribution in [0.2, 0.25) is 5.02 Å². The number of carboxylic acid groups (broad SMARTS) is 2. The number of hydrogen-bond donors (Lipinski definition) is 4. The topological polar surface area (TPSA) is 124 Å². The Kier molecular flexibility index (Phi) is 8.18. The van der Waals surface area contributed by atoms with Gasteiger partial charge in [-0.05, 0) is 35.2 Å². The van der Waals surface area contributed by atoms with Crippen molar-refractivity contribution in [1.29, 1.82) is 0 Å². The second-order valence-electron chi connectivity index (χ2n) is 6.66. The van der Waals surface area contributed by atoms with Crippen LogP contribution in [0.15, 0.2) is 48.5 Å². The molecule has 0 bridgehead atoms. The minimum Gasteiger partial charge on any atom is -0.481 e. The van der Waals surface area contributed by atoms with E-state index in [4.69, 9.17) is 21.8 Å². The summed E-state index contributed by atoms with van der Waals surface area (Å²) in [7, 11) is 0. The fraction of sp³-hybridized carbons (Fsp3) is 0.286. The van der Waals surface area contributed by atoms with Crippen molar-refractivity contribution in [2.24, 2.45) is 0 Å². The summed E-state index contributed by atoms with van der Waals surface area (Å²) in [6.07, 6.45) is -2.08. The maximum atomic E-state index is 12.0. The van der Waals surface area contributed by atoms with Crippen LogP contribution in [0.3, 0.4) is 0 Å². The van der Waals surface area contributed by atoms with Crippen LogP contribution in [0.1, 0.15) is 24.8 Å². The molecule has 0 unspecified atom stereocenters. The molecule has 0 aliphatic rings. The normalized spacial score (nSPS) is 12.8. The number of aliphatic hydroxyl groups excluding tert-OH is 1. The quantitative estimate of drug-likeness (QED) is 0.469. The molecule has 7 nitrogen and oxygen atoms in total. The van der Waals surface area contributed by atoms with Gasteiger partial charge in [0.25, 0.3) is 0 Å². The molecule has 2 aromatic rings. The number of carbonyl (C=O) groups excluding carboxylic acids is 1. The van der Waals surface area contributed by atoms with E-state index in [2.05, 4.69) is 5.32 Å². The fourth-order valence-corrected chi connectivity index (χ4v) is 3.06.